The molecule has 3 heterocycles. The fourth-order valence-corrected chi connectivity index (χ4v) is 3.54. The lowest BCUT2D eigenvalue weighted by atomic mass is 10.2. The van der Waals surface area contributed by atoms with E-state index in [0.29, 0.717) is 6.54 Å². The van der Waals surface area contributed by atoms with Crippen molar-refractivity contribution in [3.63, 3.8) is 0 Å². The van der Waals surface area contributed by atoms with Gasteiger partial charge < -0.3 is 19.5 Å². The molecule has 1 aromatic heterocycles. The summed E-state index contributed by atoms with van der Waals surface area (Å²) in [6.07, 6.45) is 3.57. The number of nitrogens with zero attached hydrogens (tertiary/aromatic N) is 5. The highest BCUT2D eigenvalue weighted by atomic mass is 16.5. The fourth-order valence-electron chi connectivity index (χ4n) is 3.54. The smallest absolute Gasteiger partial charge is 0.199 e. The largest absolute Gasteiger partial charge is 0.376 e. The molecule has 4 rings (SSSR count). The van der Waals surface area contributed by atoms with E-state index in [0.717, 1.165) is 56.6 Å². The molecule has 0 bridgehead atoms. The Morgan fingerprint density at radius 3 is 3.00 bits per heavy atom. The minimum Gasteiger partial charge on any atom is -0.376 e. The molecule has 1 unspecified atom stereocenters. The fraction of sp³-hybridized carbons (Fsp3) is 0.526. The molecule has 138 valence electrons. The average molecular weight is 354 g/mol. The van der Waals surface area contributed by atoms with Gasteiger partial charge in [0.25, 0.3) is 0 Å². The van der Waals surface area contributed by atoms with Crippen LogP contribution >= 0.6 is 0 Å². The molecule has 7 heteroatoms. The maximum Gasteiger partial charge on any atom is 0.199 e. The van der Waals surface area contributed by atoms with Crippen LogP contribution in [0.5, 0.6) is 0 Å². The molecule has 26 heavy (non-hydrogen) atoms. The number of hydrogen-bond donors (Lipinski definition) is 1. The van der Waals surface area contributed by atoms with Gasteiger partial charge in [-0.25, -0.2) is 4.99 Å². The molecule has 1 atom stereocenters. The van der Waals surface area contributed by atoms with Crippen LogP contribution in [0.1, 0.15) is 30.1 Å². The first kappa shape index (κ1) is 17.0. The number of ether oxygens (including phenoxy) is 1. The van der Waals surface area contributed by atoms with Crippen LogP contribution < -0.4 is 10.2 Å². The predicted octanol–water partition coefficient (Wildman–Crippen LogP) is 1.81. The minimum atomic E-state index is 0.273. The third kappa shape index (κ3) is 3.44. The number of rotatable bonds is 4. The lowest BCUT2D eigenvalue weighted by Crippen LogP contribution is -2.43. The van der Waals surface area contributed by atoms with E-state index in [4.69, 9.17) is 9.73 Å². The molecule has 2 aliphatic rings. The molecule has 0 amide bonds. The molecule has 0 aliphatic carbocycles. The Hall–Kier alpha value is -2.41. The topological polar surface area (TPSA) is 67.6 Å². The Morgan fingerprint density at radius 2 is 2.23 bits per heavy atom. The lowest BCUT2D eigenvalue weighted by molar-refractivity contribution is 0.114. The second kappa shape index (κ2) is 7.45. The van der Waals surface area contributed by atoms with Crippen molar-refractivity contribution in [3.8, 4) is 0 Å². The molecular formula is C19H26N6O. The molecular weight excluding hydrogens is 328 g/mol. The third-order valence-corrected chi connectivity index (χ3v) is 5.21. The quantitative estimate of drug-likeness (QED) is 0.670. The van der Waals surface area contributed by atoms with E-state index >= 15 is 0 Å². The van der Waals surface area contributed by atoms with E-state index in [1.807, 2.05) is 18.5 Å². The molecule has 0 spiro atoms. The summed E-state index contributed by atoms with van der Waals surface area (Å²) in [5.41, 5.74) is 2.61. The monoisotopic (exact) mass is 354 g/mol. The van der Waals surface area contributed by atoms with Crippen LogP contribution in [-0.4, -0.2) is 46.5 Å². The van der Waals surface area contributed by atoms with Gasteiger partial charge in [-0.15, -0.1) is 10.2 Å². The van der Waals surface area contributed by atoms with Crippen molar-refractivity contribution in [2.75, 3.05) is 24.6 Å². The first-order valence-electron chi connectivity index (χ1n) is 9.32. The molecule has 7 nitrogen and oxygen atoms in total. The van der Waals surface area contributed by atoms with Crippen molar-refractivity contribution in [3.05, 3.63) is 41.5 Å². The number of aliphatic imine (C=N–C) groups is 1. The number of benzene rings is 1. The summed E-state index contributed by atoms with van der Waals surface area (Å²) < 4.78 is 7.74. The summed E-state index contributed by atoms with van der Waals surface area (Å²) in [7, 11) is 1.98. The van der Waals surface area contributed by atoms with Crippen molar-refractivity contribution in [2.45, 2.75) is 38.8 Å². The zero-order valence-corrected chi connectivity index (χ0v) is 15.5. The van der Waals surface area contributed by atoms with E-state index < -0.39 is 0 Å². The van der Waals surface area contributed by atoms with Gasteiger partial charge in [-0.05, 0) is 37.8 Å². The zero-order valence-electron chi connectivity index (χ0n) is 15.5. The van der Waals surface area contributed by atoms with Crippen LogP contribution in [0.25, 0.3) is 0 Å². The highest BCUT2D eigenvalue weighted by Gasteiger charge is 2.24. The van der Waals surface area contributed by atoms with E-state index in [2.05, 4.69) is 44.7 Å². The molecule has 1 aromatic carbocycles. The van der Waals surface area contributed by atoms with Gasteiger partial charge in [-0.3, -0.25) is 0 Å². The second-order valence-electron chi connectivity index (χ2n) is 6.91. The van der Waals surface area contributed by atoms with Crippen LogP contribution in [0.15, 0.2) is 29.3 Å². The summed E-state index contributed by atoms with van der Waals surface area (Å²) in [6.45, 7) is 5.05. The number of guanidine groups is 1. The van der Waals surface area contributed by atoms with Gasteiger partial charge >= 0.3 is 0 Å². The lowest BCUT2D eigenvalue weighted by Gasteiger charge is -2.24. The molecule has 0 saturated carbocycles. The third-order valence-electron chi connectivity index (χ3n) is 5.21. The number of para-hydroxylation sites is 1. The van der Waals surface area contributed by atoms with Gasteiger partial charge in [0.2, 0.25) is 0 Å². The highest BCUT2D eigenvalue weighted by molar-refractivity contribution is 5.98. The molecule has 1 saturated heterocycles. The molecule has 0 radical (unpaired) electrons. The van der Waals surface area contributed by atoms with Crippen molar-refractivity contribution < 1.29 is 4.74 Å². The van der Waals surface area contributed by atoms with E-state index in [1.165, 1.54) is 11.3 Å². The second-order valence-corrected chi connectivity index (χ2v) is 6.91. The Bertz CT molecular complexity index is 793. The maximum atomic E-state index is 5.76. The van der Waals surface area contributed by atoms with Crippen molar-refractivity contribution in [1.29, 1.82) is 0 Å². The zero-order chi connectivity index (χ0) is 17.9. The van der Waals surface area contributed by atoms with E-state index in [9.17, 15) is 0 Å². The van der Waals surface area contributed by atoms with Crippen molar-refractivity contribution >= 4 is 11.6 Å². The van der Waals surface area contributed by atoms with Gasteiger partial charge in [0.1, 0.15) is 12.4 Å². The van der Waals surface area contributed by atoms with Crippen molar-refractivity contribution in [1.82, 2.24) is 20.1 Å². The first-order valence-corrected chi connectivity index (χ1v) is 9.32. The van der Waals surface area contributed by atoms with Crippen LogP contribution in [0.2, 0.25) is 0 Å². The SMILES string of the molecule is Cc1nnc(CN=C(NCC2CCCO2)N2CCc3ccccc32)n1C. The van der Waals surface area contributed by atoms with Gasteiger partial charge in [0, 0.05) is 32.4 Å². The molecule has 2 aliphatic heterocycles. The number of aryl methyl sites for hydroxylation is 1. The number of fused-ring (bicyclic) bond motifs is 1. The Labute approximate surface area is 154 Å². The normalized spacial score (nSPS) is 19.8. The average Bonchev–Trinajstić information content (AvgIpc) is 3.38. The maximum absolute atomic E-state index is 5.76. The first-order chi connectivity index (χ1) is 12.7. The van der Waals surface area contributed by atoms with Crippen LogP contribution in [0.4, 0.5) is 5.69 Å². The van der Waals surface area contributed by atoms with Crippen LogP contribution in [0, 0.1) is 6.92 Å². The number of aromatic nitrogens is 3. The minimum absolute atomic E-state index is 0.273. The van der Waals surface area contributed by atoms with Gasteiger partial charge in [-0.2, -0.15) is 0 Å². The van der Waals surface area contributed by atoms with Crippen LogP contribution in [0.3, 0.4) is 0 Å². The summed E-state index contributed by atoms with van der Waals surface area (Å²) >= 11 is 0. The summed E-state index contributed by atoms with van der Waals surface area (Å²) in [5.74, 6) is 2.66. The highest BCUT2D eigenvalue weighted by Crippen LogP contribution is 2.27. The van der Waals surface area contributed by atoms with E-state index in [-0.39, 0.29) is 6.10 Å². The Balaban J connectivity index is 1.55. The number of anilines is 1. The van der Waals surface area contributed by atoms with Gasteiger partial charge in [0.05, 0.1) is 6.10 Å². The number of nitrogens with one attached hydrogen (secondary N) is 1. The predicted molar refractivity (Wildman–Crippen MR) is 101 cm³/mol. The summed E-state index contributed by atoms with van der Waals surface area (Å²) in [5, 5.41) is 11.9. The Morgan fingerprint density at radius 1 is 1.35 bits per heavy atom. The molecule has 1 fully saturated rings. The molecule has 1 N–H and O–H groups in total. The molecule has 2 aromatic rings. The standard InChI is InChI=1S/C19H26N6O/c1-14-22-23-18(24(14)2)13-21-19(20-12-16-7-5-11-26-16)25-10-9-15-6-3-4-8-17(15)25/h3-4,6,8,16H,5,7,9-13H2,1-2H3,(H,20,21). The van der Waals surface area contributed by atoms with Gasteiger partial charge in [0.15, 0.2) is 11.8 Å². The van der Waals surface area contributed by atoms with E-state index in [1.54, 1.807) is 0 Å². The van der Waals surface area contributed by atoms with Crippen LogP contribution in [-0.2, 0) is 24.8 Å². The summed E-state index contributed by atoms with van der Waals surface area (Å²) in [6, 6.07) is 8.54. The van der Waals surface area contributed by atoms with Gasteiger partial charge in [-0.1, -0.05) is 18.2 Å². The van der Waals surface area contributed by atoms with Crippen molar-refractivity contribution in [2.24, 2.45) is 12.0 Å². The summed E-state index contributed by atoms with van der Waals surface area (Å²) in [4.78, 5) is 7.13. The number of hydrogen-bond acceptors (Lipinski definition) is 4. The Kier molecular flexibility index (Phi) is 4.88.